The molecule has 2 aliphatic rings. The zero-order valence-electron chi connectivity index (χ0n) is 16.7. The summed E-state index contributed by atoms with van der Waals surface area (Å²) in [5, 5.41) is 6.09. The van der Waals surface area contributed by atoms with Crippen LogP contribution in [-0.4, -0.2) is 65.9 Å². The smallest absolute Gasteiger partial charge is 0.241 e. The third-order valence-electron chi connectivity index (χ3n) is 5.76. The first-order valence-electron chi connectivity index (χ1n) is 10.2. The summed E-state index contributed by atoms with van der Waals surface area (Å²) in [6, 6.07) is 8.13. The molecule has 2 N–H and O–H groups in total. The van der Waals surface area contributed by atoms with E-state index in [2.05, 4.69) is 27.4 Å². The van der Waals surface area contributed by atoms with Gasteiger partial charge in [-0.3, -0.25) is 19.4 Å². The van der Waals surface area contributed by atoms with Gasteiger partial charge in [-0.25, -0.2) is 0 Å². The first kappa shape index (κ1) is 19.8. The van der Waals surface area contributed by atoms with E-state index in [1.807, 2.05) is 38.1 Å². The number of rotatable bonds is 7. The van der Waals surface area contributed by atoms with Crippen LogP contribution >= 0.6 is 0 Å². The van der Waals surface area contributed by atoms with Crippen molar-refractivity contribution in [3.05, 3.63) is 29.8 Å². The summed E-state index contributed by atoms with van der Waals surface area (Å²) in [6.45, 7) is 9.25. The topological polar surface area (TPSA) is 64.7 Å². The Morgan fingerprint density at radius 3 is 1.96 bits per heavy atom. The van der Waals surface area contributed by atoms with Crippen molar-refractivity contribution < 1.29 is 9.59 Å². The van der Waals surface area contributed by atoms with Gasteiger partial charge in [0.05, 0.1) is 12.1 Å². The van der Waals surface area contributed by atoms with Crippen LogP contribution in [0.15, 0.2) is 24.3 Å². The van der Waals surface area contributed by atoms with E-state index < -0.39 is 0 Å². The van der Waals surface area contributed by atoms with Gasteiger partial charge in [-0.05, 0) is 50.8 Å². The number of nitrogens with zero attached hydrogens (tertiary/aromatic N) is 2. The van der Waals surface area contributed by atoms with Gasteiger partial charge in [0.1, 0.15) is 0 Å². The monoisotopic (exact) mass is 372 g/mol. The zero-order chi connectivity index (χ0) is 19.4. The van der Waals surface area contributed by atoms with Gasteiger partial charge >= 0.3 is 0 Å². The van der Waals surface area contributed by atoms with E-state index in [0.29, 0.717) is 6.04 Å². The van der Waals surface area contributed by atoms with Gasteiger partial charge in [-0.2, -0.15) is 0 Å². The Hall–Kier alpha value is -1.92. The molecule has 1 saturated heterocycles. The molecule has 2 unspecified atom stereocenters. The standard InChI is InChI=1S/C21H32N4O2/c1-4-17-5-7-18(8-6-17)22-20(26)15(2)24-11-13-25(14-12-24)16(3)21(27)23-19-9-10-19/h5-8,15-16,19H,4,9-14H2,1-3H3,(H,22,26)(H,23,27). The second-order valence-electron chi connectivity index (χ2n) is 7.75. The van der Waals surface area contributed by atoms with E-state index >= 15 is 0 Å². The highest BCUT2D eigenvalue weighted by atomic mass is 16.2. The summed E-state index contributed by atoms with van der Waals surface area (Å²) in [6.07, 6.45) is 3.21. The average molecular weight is 373 g/mol. The molecule has 2 fully saturated rings. The minimum Gasteiger partial charge on any atom is -0.352 e. The Labute approximate surface area is 162 Å². The van der Waals surface area contributed by atoms with Gasteiger partial charge in [0, 0.05) is 37.9 Å². The maximum absolute atomic E-state index is 12.6. The molecular weight excluding hydrogens is 340 g/mol. The van der Waals surface area contributed by atoms with Crippen molar-refractivity contribution in [2.75, 3.05) is 31.5 Å². The van der Waals surface area contributed by atoms with Crippen LogP contribution in [0.2, 0.25) is 0 Å². The molecule has 1 heterocycles. The van der Waals surface area contributed by atoms with Gasteiger partial charge in [0.2, 0.25) is 11.8 Å². The Kier molecular flexibility index (Phi) is 6.50. The maximum atomic E-state index is 12.6. The summed E-state index contributed by atoms with van der Waals surface area (Å²) in [4.78, 5) is 29.2. The molecule has 0 bridgehead atoms. The molecule has 1 saturated carbocycles. The molecule has 1 aliphatic heterocycles. The van der Waals surface area contributed by atoms with Crippen LogP contribution in [0.1, 0.15) is 39.2 Å². The van der Waals surface area contributed by atoms with Gasteiger partial charge < -0.3 is 10.6 Å². The van der Waals surface area contributed by atoms with Crippen molar-refractivity contribution in [1.29, 1.82) is 0 Å². The number of carbonyl (C=O) groups is 2. The van der Waals surface area contributed by atoms with Crippen LogP contribution in [0.3, 0.4) is 0 Å². The number of piperazine rings is 1. The number of hydrogen-bond acceptors (Lipinski definition) is 4. The third-order valence-corrected chi connectivity index (χ3v) is 5.76. The molecule has 6 heteroatoms. The van der Waals surface area contributed by atoms with Crippen LogP contribution in [0.5, 0.6) is 0 Å². The number of benzene rings is 1. The Morgan fingerprint density at radius 1 is 0.963 bits per heavy atom. The summed E-state index contributed by atoms with van der Waals surface area (Å²) >= 11 is 0. The first-order valence-corrected chi connectivity index (χ1v) is 10.2. The summed E-state index contributed by atoms with van der Waals surface area (Å²) in [7, 11) is 0. The summed E-state index contributed by atoms with van der Waals surface area (Å²) in [5.74, 6) is 0.152. The molecule has 1 aromatic carbocycles. The number of anilines is 1. The van der Waals surface area contributed by atoms with Crippen LogP contribution in [0.4, 0.5) is 5.69 Å². The predicted molar refractivity (Wildman–Crippen MR) is 108 cm³/mol. The maximum Gasteiger partial charge on any atom is 0.241 e. The predicted octanol–water partition coefficient (Wildman–Crippen LogP) is 1.86. The van der Waals surface area contributed by atoms with E-state index in [4.69, 9.17) is 0 Å². The number of nitrogens with one attached hydrogen (secondary N) is 2. The van der Waals surface area contributed by atoms with E-state index in [0.717, 1.165) is 51.1 Å². The normalized spacial score (nSPS) is 20.7. The lowest BCUT2D eigenvalue weighted by molar-refractivity contribution is -0.128. The molecule has 3 rings (SSSR count). The van der Waals surface area contributed by atoms with E-state index in [9.17, 15) is 9.59 Å². The average Bonchev–Trinajstić information content (AvgIpc) is 3.51. The molecule has 2 amide bonds. The highest BCUT2D eigenvalue weighted by molar-refractivity contribution is 5.94. The Morgan fingerprint density at radius 2 is 1.48 bits per heavy atom. The van der Waals surface area contributed by atoms with Crippen molar-refractivity contribution in [2.24, 2.45) is 0 Å². The molecule has 148 valence electrons. The molecule has 6 nitrogen and oxygen atoms in total. The second kappa shape index (κ2) is 8.85. The molecule has 1 aromatic rings. The molecule has 0 radical (unpaired) electrons. The van der Waals surface area contributed by atoms with Crippen molar-refractivity contribution in [1.82, 2.24) is 15.1 Å². The lowest BCUT2D eigenvalue weighted by atomic mass is 10.1. The number of aryl methyl sites for hydroxylation is 1. The quantitative estimate of drug-likeness (QED) is 0.767. The van der Waals surface area contributed by atoms with Gasteiger partial charge in [-0.15, -0.1) is 0 Å². The number of hydrogen-bond donors (Lipinski definition) is 2. The van der Waals surface area contributed by atoms with Crippen LogP contribution in [-0.2, 0) is 16.0 Å². The molecule has 1 aliphatic carbocycles. The van der Waals surface area contributed by atoms with Crippen molar-refractivity contribution in [3.63, 3.8) is 0 Å². The fourth-order valence-corrected chi connectivity index (χ4v) is 3.46. The lowest BCUT2D eigenvalue weighted by Gasteiger charge is -2.39. The first-order chi connectivity index (χ1) is 13.0. The second-order valence-corrected chi connectivity index (χ2v) is 7.75. The van der Waals surface area contributed by atoms with Gasteiger partial charge in [0.15, 0.2) is 0 Å². The van der Waals surface area contributed by atoms with Gasteiger partial charge in [-0.1, -0.05) is 19.1 Å². The van der Waals surface area contributed by atoms with E-state index in [1.54, 1.807) is 0 Å². The lowest BCUT2D eigenvalue weighted by Crippen LogP contribution is -2.57. The minimum atomic E-state index is -0.186. The minimum absolute atomic E-state index is 0.0206. The van der Waals surface area contributed by atoms with Crippen molar-refractivity contribution >= 4 is 17.5 Å². The van der Waals surface area contributed by atoms with Crippen LogP contribution < -0.4 is 10.6 Å². The van der Waals surface area contributed by atoms with Gasteiger partial charge in [0.25, 0.3) is 0 Å². The van der Waals surface area contributed by atoms with Crippen molar-refractivity contribution in [3.8, 4) is 0 Å². The largest absolute Gasteiger partial charge is 0.352 e. The highest BCUT2D eigenvalue weighted by Crippen LogP contribution is 2.19. The summed E-state index contributed by atoms with van der Waals surface area (Å²) in [5.41, 5.74) is 2.10. The highest BCUT2D eigenvalue weighted by Gasteiger charge is 2.31. The number of carbonyl (C=O) groups excluding carboxylic acids is 2. The molecular formula is C21H32N4O2. The van der Waals surface area contributed by atoms with E-state index in [-0.39, 0.29) is 23.9 Å². The Balaban J connectivity index is 1.46. The molecule has 27 heavy (non-hydrogen) atoms. The third kappa shape index (κ3) is 5.30. The summed E-state index contributed by atoms with van der Waals surface area (Å²) < 4.78 is 0. The number of amides is 2. The SMILES string of the molecule is CCc1ccc(NC(=O)C(C)N2CCN(C(C)C(=O)NC3CC3)CC2)cc1. The van der Waals surface area contributed by atoms with Crippen LogP contribution in [0, 0.1) is 0 Å². The zero-order valence-corrected chi connectivity index (χ0v) is 16.7. The molecule has 2 atom stereocenters. The van der Waals surface area contributed by atoms with E-state index in [1.165, 1.54) is 5.56 Å². The fraction of sp³-hybridized carbons (Fsp3) is 0.619. The fourth-order valence-electron chi connectivity index (χ4n) is 3.46. The Bertz CT molecular complexity index is 649. The van der Waals surface area contributed by atoms with Crippen molar-refractivity contribution in [2.45, 2.75) is 58.2 Å². The molecule has 0 aromatic heterocycles. The molecule has 0 spiro atoms. The van der Waals surface area contributed by atoms with Crippen LogP contribution in [0.25, 0.3) is 0 Å².